The molecule has 1 N–H and O–H groups in total. The van der Waals surface area contributed by atoms with Crippen LogP contribution in [0.5, 0.6) is 5.75 Å². The number of methoxy groups -OCH3 is 1. The van der Waals surface area contributed by atoms with Crippen LogP contribution in [0.1, 0.15) is 43.0 Å². The molecule has 0 bridgehead atoms. The van der Waals surface area contributed by atoms with Crippen molar-refractivity contribution in [3.63, 3.8) is 0 Å². The molecule has 0 radical (unpaired) electrons. The molecule has 0 aliphatic heterocycles. The third kappa shape index (κ3) is 5.50. The Morgan fingerprint density at radius 1 is 1.10 bits per heavy atom. The maximum absolute atomic E-state index is 13.1. The first-order chi connectivity index (χ1) is 13.6. The van der Waals surface area contributed by atoms with Crippen LogP contribution in [0.3, 0.4) is 0 Å². The zero-order valence-electron chi connectivity index (χ0n) is 17.9. The monoisotopic (exact) mass is 418 g/mol. The van der Waals surface area contributed by atoms with Crippen LogP contribution >= 0.6 is 0 Å². The highest BCUT2D eigenvalue weighted by Crippen LogP contribution is 2.26. The number of aryl methyl sites for hydroxylation is 2. The van der Waals surface area contributed by atoms with Gasteiger partial charge in [0.05, 0.1) is 25.1 Å². The number of anilines is 1. The van der Waals surface area contributed by atoms with Crippen molar-refractivity contribution in [1.29, 1.82) is 0 Å². The number of benzene rings is 2. The Morgan fingerprint density at radius 3 is 2.21 bits per heavy atom. The average Bonchev–Trinajstić information content (AvgIpc) is 2.67. The van der Waals surface area contributed by atoms with Gasteiger partial charge in [-0.15, -0.1) is 0 Å². The standard InChI is InChI=1S/C22H30N2O4S/c1-7-21(22(25)23-17(4)18-9-8-15(2)16(3)14-18)24(29(6,26)27)19-10-12-20(28-5)13-11-19/h8-14,17,21H,7H2,1-6H3,(H,23,25)/t17-,21+/m0/s1. The third-order valence-electron chi connectivity index (χ3n) is 5.05. The normalized spacial score (nSPS) is 13.4. The molecule has 2 atom stereocenters. The van der Waals surface area contributed by atoms with E-state index in [0.29, 0.717) is 17.9 Å². The van der Waals surface area contributed by atoms with E-state index in [4.69, 9.17) is 4.74 Å². The van der Waals surface area contributed by atoms with Gasteiger partial charge in [0.2, 0.25) is 15.9 Å². The minimum Gasteiger partial charge on any atom is -0.497 e. The van der Waals surface area contributed by atoms with Crippen molar-refractivity contribution < 1.29 is 17.9 Å². The van der Waals surface area contributed by atoms with Crippen LogP contribution in [0.2, 0.25) is 0 Å². The van der Waals surface area contributed by atoms with E-state index in [1.165, 1.54) is 9.87 Å². The highest BCUT2D eigenvalue weighted by molar-refractivity contribution is 7.92. The van der Waals surface area contributed by atoms with Crippen molar-refractivity contribution in [3.05, 3.63) is 59.2 Å². The smallest absolute Gasteiger partial charge is 0.244 e. The Hall–Kier alpha value is -2.54. The van der Waals surface area contributed by atoms with E-state index in [9.17, 15) is 13.2 Å². The van der Waals surface area contributed by atoms with Crippen LogP contribution in [0.15, 0.2) is 42.5 Å². The molecule has 0 heterocycles. The summed E-state index contributed by atoms with van der Waals surface area (Å²) >= 11 is 0. The number of hydrogen-bond donors (Lipinski definition) is 1. The second-order valence-corrected chi connectivity index (χ2v) is 9.11. The van der Waals surface area contributed by atoms with Crippen molar-refractivity contribution in [3.8, 4) is 5.75 Å². The van der Waals surface area contributed by atoms with Gasteiger partial charge in [0, 0.05) is 0 Å². The van der Waals surface area contributed by atoms with E-state index in [-0.39, 0.29) is 11.9 Å². The Morgan fingerprint density at radius 2 is 1.72 bits per heavy atom. The summed E-state index contributed by atoms with van der Waals surface area (Å²) in [6.45, 7) is 7.76. The third-order valence-corrected chi connectivity index (χ3v) is 6.23. The molecular formula is C22H30N2O4S. The second kappa shape index (κ2) is 9.31. The first-order valence-electron chi connectivity index (χ1n) is 9.59. The molecule has 2 aromatic rings. The van der Waals surface area contributed by atoms with Crippen molar-refractivity contribution >= 4 is 21.6 Å². The number of hydrogen-bond acceptors (Lipinski definition) is 4. The molecule has 6 nitrogen and oxygen atoms in total. The minimum atomic E-state index is -3.67. The molecule has 0 saturated heterocycles. The topological polar surface area (TPSA) is 75.7 Å². The van der Waals surface area contributed by atoms with E-state index >= 15 is 0 Å². The van der Waals surface area contributed by atoms with Gasteiger partial charge in [-0.3, -0.25) is 9.10 Å². The van der Waals surface area contributed by atoms with Crippen molar-refractivity contribution in [2.24, 2.45) is 0 Å². The van der Waals surface area contributed by atoms with Crippen LogP contribution in [0, 0.1) is 13.8 Å². The summed E-state index contributed by atoms with van der Waals surface area (Å²) in [4.78, 5) is 13.1. The second-order valence-electron chi connectivity index (χ2n) is 7.25. The van der Waals surface area contributed by atoms with Gasteiger partial charge in [0.25, 0.3) is 0 Å². The number of carbonyl (C=O) groups excluding carboxylic acids is 1. The van der Waals surface area contributed by atoms with Gasteiger partial charge in [0.1, 0.15) is 11.8 Å². The molecule has 0 unspecified atom stereocenters. The molecule has 0 aromatic heterocycles. The fourth-order valence-corrected chi connectivity index (χ4v) is 4.43. The van der Waals surface area contributed by atoms with Crippen LogP contribution in [-0.2, 0) is 14.8 Å². The molecule has 0 aliphatic rings. The summed E-state index contributed by atoms with van der Waals surface area (Å²) in [6.07, 6.45) is 1.45. The SMILES string of the molecule is CC[C@H](C(=O)N[C@@H](C)c1ccc(C)c(C)c1)N(c1ccc(OC)cc1)S(C)(=O)=O. The molecule has 0 saturated carbocycles. The van der Waals surface area contributed by atoms with Crippen molar-refractivity contribution in [2.75, 3.05) is 17.7 Å². The highest BCUT2D eigenvalue weighted by Gasteiger charge is 2.32. The molecule has 7 heteroatoms. The molecule has 158 valence electrons. The van der Waals surface area contributed by atoms with Crippen molar-refractivity contribution in [2.45, 2.75) is 46.2 Å². The lowest BCUT2D eigenvalue weighted by Gasteiger charge is -2.31. The minimum absolute atomic E-state index is 0.242. The van der Waals surface area contributed by atoms with E-state index in [1.54, 1.807) is 38.3 Å². The van der Waals surface area contributed by atoms with Gasteiger partial charge < -0.3 is 10.1 Å². The molecule has 29 heavy (non-hydrogen) atoms. The maximum atomic E-state index is 13.1. The molecule has 2 aromatic carbocycles. The summed E-state index contributed by atoms with van der Waals surface area (Å²) in [5.74, 6) is 0.280. The van der Waals surface area contributed by atoms with Gasteiger partial charge >= 0.3 is 0 Å². The lowest BCUT2D eigenvalue weighted by atomic mass is 10.0. The highest BCUT2D eigenvalue weighted by atomic mass is 32.2. The van der Waals surface area contributed by atoms with Gasteiger partial charge in [-0.25, -0.2) is 8.42 Å². The Balaban J connectivity index is 2.30. The average molecular weight is 419 g/mol. The fraction of sp³-hybridized carbons (Fsp3) is 0.409. The zero-order chi connectivity index (χ0) is 21.8. The van der Waals surface area contributed by atoms with E-state index in [2.05, 4.69) is 5.32 Å². The number of rotatable bonds is 8. The van der Waals surface area contributed by atoms with Gasteiger partial charge in [0.15, 0.2) is 0 Å². The first-order valence-corrected chi connectivity index (χ1v) is 11.4. The van der Waals surface area contributed by atoms with Gasteiger partial charge in [-0.1, -0.05) is 25.1 Å². The first kappa shape index (κ1) is 22.7. The number of amides is 1. The molecule has 0 spiro atoms. The number of nitrogens with zero attached hydrogens (tertiary/aromatic N) is 1. The van der Waals surface area contributed by atoms with E-state index < -0.39 is 16.1 Å². The van der Waals surface area contributed by atoms with Gasteiger partial charge in [-0.2, -0.15) is 0 Å². The predicted molar refractivity (Wildman–Crippen MR) is 117 cm³/mol. The Kier molecular flexibility index (Phi) is 7.30. The summed E-state index contributed by atoms with van der Waals surface area (Å²) in [5, 5.41) is 2.97. The van der Waals surface area contributed by atoms with Crippen LogP contribution in [0.4, 0.5) is 5.69 Å². The number of ether oxygens (including phenoxy) is 1. The summed E-state index contributed by atoms with van der Waals surface area (Å²) in [6, 6.07) is 11.6. The number of nitrogens with one attached hydrogen (secondary N) is 1. The fourth-order valence-electron chi connectivity index (χ4n) is 3.22. The van der Waals surface area contributed by atoms with Gasteiger partial charge in [-0.05, 0) is 68.1 Å². The largest absolute Gasteiger partial charge is 0.497 e. The summed E-state index contributed by atoms with van der Waals surface area (Å²) in [5.41, 5.74) is 3.73. The van der Waals surface area contributed by atoms with Crippen LogP contribution < -0.4 is 14.4 Å². The summed E-state index contributed by atoms with van der Waals surface area (Å²) < 4.78 is 31.4. The quantitative estimate of drug-likeness (QED) is 0.709. The summed E-state index contributed by atoms with van der Waals surface area (Å²) in [7, 11) is -2.13. The molecule has 2 rings (SSSR count). The molecular weight excluding hydrogens is 388 g/mol. The Bertz CT molecular complexity index is 955. The van der Waals surface area contributed by atoms with E-state index in [1.807, 2.05) is 39.0 Å². The number of carbonyl (C=O) groups is 1. The van der Waals surface area contributed by atoms with Crippen LogP contribution in [0.25, 0.3) is 0 Å². The van der Waals surface area contributed by atoms with Crippen molar-refractivity contribution in [1.82, 2.24) is 5.32 Å². The lowest BCUT2D eigenvalue weighted by Crippen LogP contribution is -2.49. The molecule has 0 fully saturated rings. The predicted octanol–water partition coefficient (Wildman–Crippen LogP) is 3.73. The molecule has 1 amide bonds. The van der Waals surface area contributed by atoms with Crippen LogP contribution in [-0.4, -0.2) is 33.7 Å². The number of sulfonamides is 1. The molecule has 0 aliphatic carbocycles. The zero-order valence-corrected chi connectivity index (χ0v) is 18.7. The lowest BCUT2D eigenvalue weighted by molar-refractivity contribution is -0.122. The Labute approximate surface area is 173 Å². The maximum Gasteiger partial charge on any atom is 0.244 e. The van der Waals surface area contributed by atoms with E-state index in [0.717, 1.165) is 17.4 Å².